The number of hydrogen-bond acceptors (Lipinski definition) is 0. The van der Waals surface area contributed by atoms with Crippen molar-refractivity contribution in [3.8, 4) is 0 Å². The summed E-state index contributed by atoms with van der Waals surface area (Å²) in [6, 6.07) is 21.6. The Labute approximate surface area is 186 Å². The molecule has 2 aliphatic carbocycles. The predicted molar refractivity (Wildman–Crippen MR) is 109 cm³/mol. The molecule has 0 heterocycles. The van der Waals surface area contributed by atoms with Gasteiger partial charge < -0.3 is 0 Å². The molecule has 2 aromatic carbocycles. The van der Waals surface area contributed by atoms with Crippen LogP contribution in [0.1, 0.15) is 0 Å². The van der Waals surface area contributed by atoms with Crippen LogP contribution < -0.4 is 10.6 Å². The van der Waals surface area contributed by atoms with Crippen molar-refractivity contribution in [1.82, 2.24) is 0 Å². The average Bonchev–Trinajstić information content (AvgIpc) is 3.50. The first kappa shape index (κ1) is 27.1. The Bertz CT molecular complexity index is 580. The third kappa shape index (κ3) is 9.51. The van der Waals surface area contributed by atoms with Crippen molar-refractivity contribution < 1.29 is 31.0 Å². The van der Waals surface area contributed by atoms with E-state index in [9.17, 15) is 0 Å². The van der Waals surface area contributed by atoms with Gasteiger partial charge in [0.25, 0.3) is 0 Å². The molecule has 2 aliphatic rings. The van der Waals surface area contributed by atoms with Crippen molar-refractivity contribution in [2.75, 3.05) is 0 Å². The molecule has 0 unspecified atom stereocenters. The van der Waals surface area contributed by atoms with Gasteiger partial charge in [0.05, 0.1) is 0 Å². The van der Waals surface area contributed by atoms with Gasteiger partial charge in [-0.1, -0.05) is 60.7 Å². The zero-order valence-corrected chi connectivity index (χ0v) is 17.7. The van der Waals surface area contributed by atoms with E-state index >= 15 is 0 Å². The molecule has 2 fully saturated rings. The van der Waals surface area contributed by atoms with Gasteiger partial charge in [-0.05, 0) is 76.3 Å². The maximum Gasteiger partial charge on any atom is 0.0161 e. The summed E-state index contributed by atoms with van der Waals surface area (Å²) in [5, 5.41) is 2.81. The molecule has 136 valence electrons. The summed E-state index contributed by atoms with van der Waals surface area (Å²) in [5.41, 5.74) is 1.42. The van der Waals surface area contributed by atoms with Crippen molar-refractivity contribution in [3.63, 3.8) is 0 Å². The molecule has 0 spiro atoms. The van der Waals surface area contributed by atoms with Crippen LogP contribution in [0.25, 0.3) is 0 Å². The van der Waals surface area contributed by atoms with Crippen LogP contribution in [0.5, 0.6) is 0 Å². The van der Waals surface area contributed by atoms with E-state index in [1.165, 1.54) is 16.3 Å². The number of rotatable bonds is 3. The fraction of sp³-hybridized carbons (Fsp3) is 0. The van der Waals surface area contributed by atoms with E-state index in [1.807, 2.05) is 32.1 Å². The third-order valence-corrected chi connectivity index (χ3v) is 5.93. The van der Waals surface area contributed by atoms with Crippen LogP contribution in [0.3, 0.4) is 0 Å². The van der Waals surface area contributed by atoms with E-state index in [-0.39, 0.29) is 21.7 Å². The second-order valence-electron chi connectivity index (χ2n) is 5.11. The Morgan fingerprint density at radius 1 is 0.500 bits per heavy atom. The van der Waals surface area contributed by atoms with Crippen molar-refractivity contribution in [2.24, 2.45) is 0 Å². The smallest absolute Gasteiger partial charge is 0.0161 e. The summed E-state index contributed by atoms with van der Waals surface area (Å²) < 4.78 is 15.0. The van der Waals surface area contributed by atoms with Crippen LogP contribution in [-0.4, -0.2) is 0 Å². The molecule has 0 N–H and O–H groups in total. The first-order chi connectivity index (χ1) is 13.4. The van der Waals surface area contributed by atoms with Crippen molar-refractivity contribution >= 4 is 18.5 Å². The van der Waals surface area contributed by atoms with E-state index in [2.05, 4.69) is 99.6 Å². The molecule has 0 atom stereocenters. The molecule has 10 radical (unpaired) electrons. The van der Waals surface area contributed by atoms with E-state index in [0.29, 0.717) is 0 Å². The normalized spacial score (nSPS) is 14.9. The summed E-state index contributed by atoms with van der Waals surface area (Å²) in [7, 11) is -0.409. The monoisotopic (exact) mass is 418 g/mol. The minimum atomic E-state index is -0.409. The Kier molecular flexibility index (Phi) is 17.5. The minimum Gasteiger partial charge on any atom is -0.0622 e. The Morgan fingerprint density at radius 3 is 1.14 bits per heavy atom. The fourth-order valence-corrected chi connectivity index (χ4v) is 4.74. The Balaban J connectivity index is 0.000000619. The van der Waals surface area contributed by atoms with Crippen LogP contribution in [-0.2, 0) is 31.0 Å². The minimum absolute atomic E-state index is 0. The molecule has 0 aromatic heterocycles. The molecule has 0 amide bonds. The second-order valence-corrected chi connectivity index (χ2v) is 7.33. The van der Waals surface area contributed by atoms with Crippen LogP contribution in [0.15, 0.2) is 60.7 Å². The molecule has 4 rings (SSSR count). The molecule has 0 saturated heterocycles. The van der Waals surface area contributed by atoms with Crippen LogP contribution >= 0.6 is 7.92 Å². The topological polar surface area (TPSA) is 39.8 Å². The largest absolute Gasteiger partial charge is 0.0622 e. The van der Waals surface area contributed by atoms with Crippen molar-refractivity contribution in [3.05, 3.63) is 137 Å². The van der Waals surface area contributed by atoms with Crippen molar-refractivity contribution in [2.45, 2.75) is 0 Å². The molecule has 2 nitrogen and oxygen atoms in total. The summed E-state index contributed by atoms with van der Waals surface area (Å²) in [4.78, 5) is 0. The van der Waals surface area contributed by atoms with Gasteiger partial charge >= 0.3 is 22.6 Å². The third-order valence-electron chi connectivity index (χ3n) is 3.49. The maximum absolute atomic E-state index is 7.50. The van der Waals surface area contributed by atoms with Gasteiger partial charge in [-0.3, -0.25) is 0 Å². The van der Waals surface area contributed by atoms with Gasteiger partial charge in [0.1, 0.15) is 0 Å². The second kappa shape index (κ2) is 18.1. The van der Waals surface area contributed by atoms with E-state index in [0.717, 1.165) is 0 Å². The van der Waals surface area contributed by atoms with Gasteiger partial charge in [0.2, 0.25) is 0 Å². The van der Waals surface area contributed by atoms with Gasteiger partial charge in [0, 0.05) is 27.4 Å². The molecular weight excluding hydrogens is 399 g/mol. The summed E-state index contributed by atoms with van der Waals surface area (Å²) in [6.45, 7) is 9.00. The first-order valence-corrected chi connectivity index (χ1v) is 9.49. The van der Waals surface area contributed by atoms with Gasteiger partial charge in [-0.15, -0.1) is 0 Å². The molecular formula is C24H19O2PTi. The van der Waals surface area contributed by atoms with Crippen LogP contribution in [0, 0.1) is 76.7 Å². The first-order valence-electron chi connectivity index (χ1n) is 8.14. The molecule has 0 aliphatic heterocycles. The van der Waals surface area contributed by atoms with E-state index < -0.39 is 7.92 Å². The number of benzene rings is 2. The van der Waals surface area contributed by atoms with E-state index in [1.54, 1.807) is 0 Å². The fourth-order valence-electron chi connectivity index (χ4n) is 2.44. The summed E-state index contributed by atoms with van der Waals surface area (Å²) in [6.07, 6.45) is 18.7. The Morgan fingerprint density at radius 2 is 0.821 bits per heavy atom. The number of hydrogen-bond donors (Lipinski definition) is 0. The standard InChI is InChI=1S/C17H14P.C5H5.2CO.Ti/c1-3-9-15(10-4-1)18(17-13-7-8-14-17)16-11-5-2-6-12-16;1-2-4-5-3-1;2*1-2;/h1-14H;1-5H;;;. The molecule has 28 heavy (non-hydrogen) atoms. The van der Waals surface area contributed by atoms with Crippen LogP contribution in [0.2, 0.25) is 0 Å². The molecule has 2 aromatic rings. The average molecular weight is 418 g/mol. The van der Waals surface area contributed by atoms with Crippen LogP contribution in [0.4, 0.5) is 0 Å². The van der Waals surface area contributed by atoms with E-state index in [4.69, 9.17) is 9.30 Å². The van der Waals surface area contributed by atoms with Gasteiger partial charge in [-0.2, -0.15) is 0 Å². The van der Waals surface area contributed by atoms with Gasteiger partial charge in [0.15, 0.2) is 0 Å². The van der Waals surface area contributed by atoms with Gasteiger partial charge in [-0.25, -0.2) is 0 Å². The predicted octanol–water partition coefficient (Wildman–Crippen LogP) is 4.43. The summed E-state index contributed by atoms with van der Waals surface area (Å²) >= 11 is 0. The SMILES string of the molecule is [C-]#[O+].[C-]#[O+].[CH]1[CH][CH][CH][CH]1.[CH]1[CH][CH][C](P(c2ccccc2)c2ccccc2)[CH]1.[Ti]. The van der Waals surface area contributed by atoms with Crippen molar-refractivity contribution in [1.29, 1.82) is 0 Å². The zero-order valence-electron chi connectivity index (χ0n) is 15.2. The molecule has 2 saturated carbocycles. The quantitative estimate of drug-likeness (QED) is 0.306. The Hall–Kier alpha value is -0.936. The summed E-state index contributed by atoms with van der Waals surface area (Å²) in [5.74, 6) is 0. The zero-order chi connectivity index (χ0) is 19.7. The molecule has 4 heteroatoms. The maximum atomic E-state index is 7.50. The molecule has 0 bridgehead atoms.